The third-order valence-corrected chi connectivity index (χ3v) is 3.06. The Morgan fingerprint density at radius 3 is 2.65 bits per heavy atom. The number of aromatic nitrogens is 2. The Kier molecular flexibility index (Phi) is 3.71. The van der Waals surface area contributed by atoms with E-state index in [2.05, 4.69) is 9.36 Å². The number of rotatable bonds is 3. The van der Waals surface area contributed by atoms with Crippen molar-refractivity contribution in [3.05, 3.63) is 35.4 Å². The first-order valence-corrected chi connectivity index (χ1v) is 6.60. The largest absolute Gasteiger partial charge is 0.477 e. The van der Waals surface area contributed by atoms with Gasteiger partial charge in [0.1, 0.15) is 17.1 Å². The van der Waals surface area contributed by atoms with Crippen LogP contribution in [0.4, 0.5) is 4.39 Å². The maximum absolute atomic E-state index is 13.5. The maximum atomic E-state index is 13.5. The minimum atomic E-state index is -1.39. The van der Waals surface area contributed by atoms with Crippen LogP contribution in [0.25, 0.3) is 0 Å². The zero-order chi connectivity index (χ0) is 14.9. The summed E-state index contributed by atoms with van der Waals surface area (Å²) < 4.78 is 23.0. The minimum absolute atomic E-state index is 0.0888. The Balaban J connectivity index is 2.34. The standard InChI is InChI=1S/C13H13FN2O3S/c1-13(2,3)11-15-12(20-16-11)19-8-6-4-5-7(14)9(8)10(17)18/h4-6H,1-3H3,(H,17,18). The van der Waals surface area contributed by atoms with E-state index in [1.165, 1.54) is 12.1 Å². The molecule has 20 heavy (non-hydrogen) atoms. The molecule has 2 rings (SSSR count). The Labute approximate surface area is 119 Å². The quantitative estimate of drug-likeness (QED) is 0.939. The number of aromatic carboxylic acids is 1. The van der Waals surface area contributed by atoms with Gasteiger partial charge in [0.05, 0.1) is 0 Å². The van der Waals surface area contributed by atoms with Crippen LogP contribution >= 0.6 is 11.5 Å². The lowest BCUT2D eigenvalue weighted by atomic mass is 9.96. The van der Waals surface area contributed by atoms with Crippen molar-refractivity contribution < 1.29 is 19.0 Å². The Hall–Kier alpha value is -2.02. The number of nitrogens with zero attached hydrogens (tertiary/aromatic N) is 2. The third-order valence-electron chi connectivity index (χ3n) is 2.46. The number of carboxylic acids is 1. The van der Waals surface area contributed by atoms with Crippen LogP contribution in [0.15, 0.2) is 18.2 Å². The molecule has 0 saturated heterocycles. The second-order valence-corrected chi connectivity index (χ2v) is 5.87. The van der Waals surface area contributed by atoms with Crippen LogP contribution in [0.1, 0.15) is 37.0 Å². The zero-order valence-corrected chi connectivity index (χ0v) is 12.0. The number of carbonyl (C=O) groups is 1. The second kappa shape index (κ2) is 5.16. The molecule has 5 nitrogen and oxygen atoms in total. The van der Waals surface area contributed by atoms with Gasteiger partial charge in [-0.1, -0.05) is 26.8 Å². The number of halogens is 1. The molecule has 1 N–H and O–H groups in total. The van der Waals surface area contributed by atoms with E-state index < -0.39 is 17.3 Å². The lowest BCUT2D eigenvalue weighted by Gasteiger charge is -2.12. The van der Waals surface area contributed by atoms with Gasteiger partial charge < -0.3 is 9.84 Å². The fourth-order valence-corrected chi connectivity index (χ4v) is 2.18. The van der Waals surface area contributed by atoms with Gasteiger partial charge in [-0.05, 0) is 12.1 Å². The lowest BCUT2D eigenvalue weighted by Crippen LogP contribution is -2.13. The van der Waals surface area contributed by atoms with Crippen molar-refractivity contribution in [2.24, 2.45) is 0 Å². The molecule has 1 aromatic heterocycles. The molecule has 1 aromatic carbocycles. The van der Waals surface area contributed by atoms with Gasteiger partial charge >= 0.3 is 5.97 Å². The summed E-state index contributed by atoms with van der Waals surface area (Å²) in [7, 11) is 0. The number of benzene rings is 1. The summed E-state index contributed by atoms with van der Waals surface area (Å²) in [6.07, 6.45) is 0. The van der Waals surface area contributed by atoms with E-state index >= 15 is 0 Å². The van der Waals surface area contributed by atoms with E-state index in [9.17, 15) is 9.18 Å². The molecule has 0 aliphatic rings. The molecule has 0 radical (unpaired) electrons. The first-order chi connectivity index (χ1) is 9.29. The molecule has 0 spiro atoms. The van der Waals surface area contributed by atoms with Crippen LogP contribution in [-0.2, 0) is 5.41 Å². The summed E-state index contributed by atoms with van der Waals surface area (Å²) in [6.45, 7) is 5.84. The molecule has 106 valence electrons. The lowest BCUT2D eigenvalue weighted by molar-refractivity contribution is 0.0689. The van der Waals surface area contributed by atoms with Gasteiger partial charge in [-0.25, -0.2) is 9.18 Å². The Morgan fingerprint density at radius 1 is 1.40 bits per heavy atom. The van der Waals surface area contributed by atoms with Crippen molar-refractivity contribution >= 4 is 17.5 Å². The van der Waals surface area contributed by atoms with Crippen molar-refractivity contribution in [3.8, 4) is 10.9 Å². The first-order valence-electron chi connectivity index (χ1n) is 5.83. The summed E-state index contributed by atoms with van der Waals surface area (Å²) in [5, 5.41) is 9.19. The van der Waals surface area contributed by atoms with Gasteiger partial charge in [0.2, 0.25) is 0 Å². The molecule has 0 fully saturated rings. The molecule has 0 aliphatic heterocycles. The van der Waals surface area contributed by atoms with E-state index in [1.807, 2.05) is 20.8 Å². The first kappa shape index (κ1) is 14.4. The minimum Gasteiger partial charge on any atom is -0.477 e. The summed E-state index contributed by atoms with van der Waals surface area (Å²) in [4.78, 5) is 15.2. The van der Waals surface area contributed by atoms with E-state index in [4.69, 9.17) is 9.84 Å². The predicted molar refractivity (Wildman–Crippen MR) is 72.0 cm³/mol. The second-order valence-electron chi connectivity index (χ2n) is 5.15. The molecule has 0 bridgehead atoms. The summed E-state index contributed by atoms with van der Waals surface area (Å²) in [5.74, 6) is -1.74. The molecule has 0 amide bonds. The van der Waals surface area contributed by atoms with Crippen LogP contribution < -0.4 is 4.74 Å². The number of hydrogen-bond acceptors (Lipinski definition) is 5. The van der Waals surface area contributed by atoms with Gasteiger partial charge in [-0.3, -0.25) is 0 Å². The van der Waals surface area contributed by atoms with Crippen LogP contribution in [0.3, 0.4) is 0 Å². The van der Waals surface area contributed by atoms with Gasteiger partial charge in [0.25, 0.3) is 5.19 Å². The van der Waals surface area contributed by atoms with E-state index in [1.54, 1.807) is 0 Å². The molecule has 0 saturated carbocycles. The average molecular weight is 296 g/mol. The highest BCUT2D eigenvalue weighted by atomic mass is 32.1. The zero-order valence-electron chi connectivity index (χ0n) is 11.2. The topological polar surface area (TPSA) is 72.3 Å². The van der Waals surface area contributed by atoms with Crippen LogP contribution in [0, 0.1) is 5.82 Å². The highest BCUT2D eigenvalue weighted by molar-refractivity contribution is 7.07. The number of carboxylic acid groups (broad SMARTS) is 1. The fourth-order valence-electron chi connectivity index (χ4n) is 1.45. The molecule has 0 aliphatic carbocycles. The highest BCUT2D eigenvalue weighted by Gasteiger charge is 2.22. The number of hydrogen-bond donors (Lipinski definition) is 1. The monoisotopic (exact) mass is 296 g/mol. The van der Waals surface area contributed by atoms with Gasteiger partial charge in [-0.2, -0.15) is 9.36 Å². The average Bonchev–Trinajstić information content (AvgIpc) is 2.76. The molecule has 1 heterocycles. The molecular formula is C13H13FN2O3S. The van der Waals surface area contributed by atoms with Crippen molar-refractivity contribution in [1.82, 2.24) is 9.36 Å². The van der Waals surface area contributed by atoms with Crippen LogP contribution in [0.5, 0.6) is 10.9 Å². The maximum Gasteiger partial charge on any atom is 0.342 e. The molecule has 2 aromatic rings. The predicted octanol–water partition coefficient (Wildman–Crippen LogP) is 3.47. The molecule has 7 heteroatoms. The Bertz CT molecular complexity index is 649. The van der Waals surface area contributed by atoms with Crippen LogP contribution in [0.2, 0.25) is 0 Å². The van der Waals surface area contributed by atoms with Gasteiger partial charge in [-0.15, -0.1) is 0 Å². The van der Waals surface area contributed by atoms with Crippen molar-refractivity contribution in [2.45, 2.75) is 26.2 Å². The van der Waals surface area contributed by atoms with Crippen molar-refractivity contribution in [2.75, 3.05) is 0 Å². The van der Waals surface area contributed by atoms with E-state index in [-0.39, 0.29) is 16.4 Å². The van der Waals surface area contributed by atoms with Gasteiger partial charge in [0, 0.05) is 16.9 Å². The van der Waals surface area contributed by atoms with E-state index in [0.29, 0.717) is 5.82 Å². The van der Waals surface area contributed by atoms with Crippen molar-refractivity contribution in [1.29, 1.82) is 0 Å². The third kappa shape index (κ3) is 2.93. The molecule has 0 unspecified atom stereocenters. The SMILES string of the molecule is CC(C)(C)c1nsc(Oc2cccc(F)c2C(=O)O)n1. The Morgan fingerprint density at radius 2 is 2.10 bits per heavy atom. The van der Waals surface area contributed by atoms with Gasteiger partial charge in [0.15, 0.2) is 5.82 Å². The normalized spacial score (nSPS) is 11.4. The van der Waals surface area contributed by atoms with Crippen molar-refractivity contribution in [3.63, 3.8) is 0 Å². The fraction of sp³-hybridized carbons (Fsp3) is 0.308. The van der Waals surface area contributed by atoms with E-state index in [0.717, 1.165) is 17.6 Å². The molecule has 0 atom stereocenters. The number of ether oxygens (including phenoxy) is 1. The smallest absolute Gasteiger partial charge is 0.342 e. The van der Waals surface area contributed by atoms with Crippen LogP contribution in [-0.4, -0.2) is 20.4 Å². The summed E-state index contributed by atoms with van der Waals surface area (Å²) >= 11 is 0.999. The summed E-state index contributed by atoms with van der Waals surface area (Å²) in [6, 6.07) is 3.82. The highest BCUT2D eigenvalue weighted by Crippen LogP contribution is 2.30. The molecular weight excluding hydrogens is 283 g/mol. The summed E-state index contributed by atoms with van der Waals surface area (Å²) in [5.41, 5.74) is -0.754.